The van der Waals surface area contributed by atoms with Crippen molar-refractivity contribution in [3.05, 3.63) is 33.5 Å². The molecule has 5 heteroatoms. The lowest BCUT2D eigenvalue weighted by Gasteiger charge is -2.03. The smallest absolute Gasteiger partial charge is 0.130 e. The zero-order valence-electron chi connectivity index (χ0n) is 8.90. The van der Waals surface area contributed by atoms with Gasteiger partial charge in [0.1, 0.15) is 5.82 Å². The van der Waals surface area contributed by atoms with Crippen LogP contribution in [0.25, 0.3) is 10.6 Å². The zero-order valence-corrected chi connectivity index (χ0v) is 11.3. The van der Waals surface area contributed by atoms with Gasteiger partial charge in [-0.3, -0.25) is 0 Å². The van der Waals surface area contributed by atoms with Gasteiger partial charge in [-0.1, -0.05) is 0 Å². The van der Waals surface area contributed by atoms with E-state index in [0.717, 1.165) is 33.0 Å². The molecule has 0 atom stereocenters. The molecule has 0 fully saturated rings. The predicted molar refractivity (Wildman–Crippen MR) is 70.5 cm³/mol. The van der Waals surface area contributed by atoms with Crippen LogP contribution in [0, 0.1) is 6.92 Å². The summed E-state index contributed by atoms with van der Waals surface area (Å²) in [5.41, 5.74) is 7.48. The number of hydrogen-bond donors (Lipinski definition) is 1. The highest BCUT2D eigenvalue weighted by Crippen LogP contribution is 2.28. The molecule has 0 aliphatic rings. The first-order chi connectivity index (χ1) is 7.69. The molecule has 2 aromatic rings. The third kappa shape index (κ3) is 2.66. The van der Waals surface area contributed by atoms with E-state index in [0.29, 0.717) is 6.54 Å². The van der Waals surface area contributed by atoms with E-state index >= 15 is 0 Å². The Bertz CT molecular complexity index is 496. The van der Waals surface area contributed by atoms with E-state index in [4.69, 9.17) is 5.73 Å². The highest BCUT2D eigenvalue weighted by atomic mass is 79.9. The summed E-state index contributed by atoms with van der Waals surface area (Å²) < 4.78 is 1.09. The van der Waals surface area contributed by atoms with Crippen LogP contribution in [0.1, 0.15) is 11.5 Å². The molecule has 16 heavy (non-hydrogen) atoms. The summed E-state index contributed by atoms with van der Waals surface area (Å²) in [6.07, 6.45) is 0.723. The summed E-state index contributed by atoms with van der Waals surface area (Å²) in [4.78, 5) is 10.0. The van der Waals surface area contributed by atoms with Gasteiger partial charge in [0.2, 0.25) is 0 Å². The third-order valence-corrected chi connectivity index (χ3v) is 3.80. The van der Waals surface area contributed by atoms with E-state index in [1.807, 2.05) is 13.0 Å². The number of hydrogen-bond acceptors (Lipinski definition) is 4. The maximum Gasteiger partial charge on any atom is 0.130 e. The topological polar surface area (TPSA) is 51.8 Å². The van der Waals surface area contributed by atoms with Crippen LogP contribution < -0.4 is 5.73 Å². The number of aryl methyl sites for hydroxylation is 1. The average molecular weight is 298 g/mol. The molecule has 0 spiro atoms. The molecule has 0 unspecified atom stereocenters. The second-order valence-corrected chi connectivity index (χ2v) is 5.31. The largest absolute Gasteiger partial charge is 0.330 e. The second kappa shape index (κ2) is 5.03. The lowest BCUT2D eigenvalue weighted by molar-refractivity contribution is 0.858. The van der Waals surface area contributed by atoms with Crippen molar-refractivity contribution < 1.29 is 0 Å². The van der Waals surface area contributed by atoms with Crippen molar-refractivity contribution in [3.63, 3.8) is 0 Å². The Morgan fingerprint density at radius 1 is 1.38 bits per heavy atom. The van der Waals surface area contributed by atoms with Crippen molar-refractivity contribution in [2.45, 2.75) is 13.3 Å². The number of rotatable bonds is 3. The minimum atomic E-state index is 0.580. The molecule has 0 saturated carbocycles. The van der Waals surface area contributed by atoms with Crippen molar-refractivity contribution in [3.8, 4) is 10.6 Å². The molecule has 2 aromatic heterocycles. The van der Waals surface area contributed by atoms with Crippen LogP contribution in [0.15, 0.2) is 22.0 Å². The summed E-state index contributed by atoms with van der Waals surface area (Å²) in [6, 6.07) is 4.07. The van der Waals surface area contributed by atoms with Gasteiger partial charge >= 0.3 is 0 Å². The third-order valence-electron chi connectivity index (χ3n) is 2.09. The number of thiophene rings is 1. The van der Waals surface area contributed by atoms with Crippen LogP contribution in [0.4, 0.5) is 0 Å². The summed E-state index contributed by atoms with van der Waals surface area (Å²) in [5.74, 6) is 0.821. The molecule has 2 heterocycles. The normalized spacial score (nSPS) is 10.7. The summed E-state index contributed by atoms with van der Waals surface area (Å²) in [6.45, 7) is 2.56. The minimum absolute atomic E-state index is 0.580. The Morgan fingerprint density at radius 3 is 2.81 bits per heavy atom. The fraction of sp³-hybridized carbons (Fsp3) is 0.273. The molecule has 2 N–H and O–H groups in total. The van der Waals surface area contributed by atoms with E-state index < -0.39 is 0 Å². The number of aromatic nitrogens is 2. The average Bonchev–Trinajstić information content (AvgIpc) is 2.64. The summed E-state index contributed by atoms with van der Waals surface area (Å²) in [5, 5.41) is 2.05. The fourth-order valence-corrected chi connectivity index (χ4v) is 2.83. The molecule has 0 aromatic carbocycles. The van der Waals surface area contributed by atoms with Crippen LogP contribution >= 0.6 is 27.3 Å². The van der Waals surface area contributed by atoms with Crippen molar-refractivity contribution >= 4 is 27.3 Å². The first kappa shape index (κ1) is 11.7. The van der Waals surface area contributed by atoms with Crippen LogP contribution in [-0.4, -0.2) is 16.5 Å². The Balaban J connectivity index is 2.40. The molecular formula is C11H12BrN3S. The van der Waals surface area contributed by atoms with E-state index in [9.17, 15) is 0 Å². The first-order valence-electron chi connectivity index (χ1n) is 4.98. The molecule has 0 aliphatic carbocycles. The first-order valence-corrected chi connectivity index (χ1v) is 6.65. The number of nitrogens with two attached hydrogens (primary N) is 1. The molecule has 0 saturated heterocycles. The van der Waals surface area contributed by atoms with Gasteiger partial charge < -0.3 is 5.73 Å². The van der Waals surface area contributed by atoms with Crippen molar-refractivity contribution in [2.24, 2.45) is 5.73 Å². The van der Waals surface area contributed by atoms with Crippen LogP contribution in [0.3, 0.4) is 0 Å². The Hall–Kier alpha value is -0.780. The molecular weight excluding hydrogens is 286 g/mol. The standard InChI is InChI=1S/C11H12BrN3S/c1-7-4-9(10-5-8(12)6-16-10)15-11(14-7)2-3-13/h4-6H,2-3,13H2,1H3. The minimum Gasteiger partial charge on any atom is -0.330 e. The molecule has 2 rings (SSSR count). The molecule has 0 amide bonds. The van der Waals surface area contributed by atoms with Gasteiger partial charge in [-0.25, -0.2) is 9.97 Å². The lowest BCUT2D eigenvalue weighted by Crippen LogP contribution is -2.07. The van der Waals surface area contributed by atoms with E-state index in [2.05, 4.69) is 37.3 Å². The van der Waals surface area contributed by atoms with Gasteiger partial charge in [0.15, 0.2) is 0 Å². The molecule has 0 aliphatic heterocycles. The number of halogens is 1. The Kier molecular flexibility index (Phi) is 3.68. The summed E-state index contributed by atoms with van der Waals surface area (Å²) in [7, 11) is 0. The molecule has 3 nitrogen and oxygen atoms in total. The highest BCUT2D eigenvalue weighted by Gasteiger charge is 2.06. The lowest BCUT2D eigenvalue weighted by atomic mass is 10.2. The van der Waals surface area contributed by atoms with Crippen LogP contribution in [-0.2, 0) is 6.42 Å². The quantitative estimate of drug-likeness (QED) is 0.948. The van der Waals surface area contributed by atoms with Gasteiger partial charge in [0.25, 0.3) is 0 Å². The predicted octanol–water partition coefficient (Wildman–Crippen LogP) is 2.78. The fourth-order valence-electron chi connectivity index (χ4n) is 1.44. The van der Waals surface area contributed by atoms with Crippen molar-refractivity contribution in [1.82, 2.24) is 9.97 Å². The maximum atomic E-state index is 5.52. The van der Waals surface area contributed by atoms with Gasteiger partial charge in [0.05, 0.1) is 10.6 Å². The van der Waals surface area contributed by atoms with Crippen molar-refractivity contribution in [2.75, 3.05) is 6.54 Å². The van der Waals surface area contributed by atoms with Crippen molar-refractivity contribution in [1.29, 1.82) is 0 Å². The number of nitrogens with zero attached hydrogens (tertiary/aromatic N) is 2. The van der Waals surface area contributed by atoms with Gasteiger partial charge in [0, 0.05) is 22.0 Å². The van der Waals surface area contributed by atoms with Gasteiger partial charge in [-0.05, 0) is 41.5 Å². The second-order valence-electron chi connectivity index (χ2n) is 3.48. The zero-order chi connectivity index (χ0) is 11.5. The SMILES string of the molecule is Cc1cc(-c2cc(Br)cs2)nc(CCN)n1. The molecule has 84 valence electrons. The molecule has 0 radical (unpaired) electrons. The van der Waals surface area contributed by atoms with E-state index in [1.54, 1.807) is 11.3 Å². The van der Waals surface area contributed by atoms with Gasteiger partial charge in [-0.2, -0.15) is 0 Å². The highest BCUT2D eigenvalue weighted by molar-refractivity contribution is 9.10. The molecule has 0 bridgehead atoms. The van der Waals surface area contributed by atoms with E-state index in [-0.39, 0.29) is 0 Å². The monoisotopic (exact) mass is 297 g/mol. The maximum absolute atomic E-state index is 5.52. The van der Waals surface area contributed by atoms with Crippen LogP contribution in [0.2, 0.25) is 0 Å². The van der Waals surface area contributed by atoms with Crippen LogP contribution in [0.5, 0.6) is 0 Å². The Labute approximate surface area is 107 Å². The van der Waals surface area contributed by atoms with Gasteiger partial charge in [-0.15, -0.1) is 11.3 Å². The summed E-state index contributed by atoms with van der Waals surface area (Å²) >= 11 is 5.11. The van der Waals surface area contributed by atoms with E-state index in [1.165, 1.54) is 0 Å². The Morgan fingerprint density at radius 2 is 2.19 bits per heavy atom.